The number of rotatable bonds is 3. The van der Waals surface area contributed by atoms with E-state index in [0.29, 0.717) is 6.42 Å². The van der Waals surface area contributed by atoms with Crippen LogP contribution in [-0.2, 0) is 4.79 Å². The zero-order valence-corrected chi connectivity index (χ0v) is 8.97. The van der Waals surface area contributed by atoms with E-state index in [1.165, 1.54) is 5.57 Å². The van der Waals surface area contributed by atoms with Gasteiger partial charge in [-0.25, -0.2) is 0 Å². The van der Waals surface area contributed by atoms with E-state index in [1.54, 1.807) is 6.92 Å². The fourth-order valence-corrected chi connectivity index (χ4v) is 1.17. The van der Waals surface area contributed by atoms with Crippen LogP contribution in [0.3, 0.4) is 0 Å². The van der Waals surface area contributed by atoms with Crippen molar-refractivity contribution >= 4 is 5.78 Å². The zero-order chi connectivity index (χ0) is 10.1. The number of Topliss-reactive ketones (excluding diaryl/α,β-unsaturated/α-hetero) is 1. The molecular weight excluding hydrogens is 160 g/mol. The Morgan fingerprint density at radius 3 is 2.54 bits per heavy atom. The quantitative estimate of drug-likeness (QED) is 0.647. The van der Waals surface area contributed by atoms with Gasteiger partial charge in [-0.2, -0.15) is 0 Å². The number of carbonyl (C=O) groups excluding carboxylic acids is 1. The molecule has 0 atom stereocenters. The Morgan fingerprint density at radius 2 is 2.08 bits per heavy atom. The molecule has 0 aromatic heterocycles. The summed E-state index contributed by atoms with van der Waals surface area (Å²) < 4.78 is 0. The van der Waals surface area contributed by atoms with Crippen molar-refractivity contribution in [2.75, 3.05) is 0 Å². The van der Waals surface area contributed by atoms with Crippen LogP contribution >= 0.6 is 0 Å². The number of ketones is 1. The molecule has 0 saturated carbocycles. The fraction of sp³-hybridized carbons (Fsp3) is 0.583. The number of allylic oxidation sites excluding steroid dienone is 4. The summed E-state index contributed by atoms with van der Waals surface area (Å²) in [5, 5.41) is 0. The van der Waals surface area contributed by atoms with Gasteiger partial charge in [0, 0.05) is 6.42 Å². The average molecular weight is 180 g/mol. The Labute approximate surface area is 81.5 Å². The first kappa shape index (κ1) is 12.2. The normalized spacial score (nSPS) is 14.2. The van der Waals surface area contributed by atoms with Gasteiger partial charge in [0.25, 0.3) is 0 Å². The third kappa shape index (κ3) is 6.32. The first-order valence-corrected chi connectivity index (χ1v) is 5.14. The maximum absolute atomic E-state index is 10.6. The molecule has 1 aliphatic rings. The van der Waals surface area contributed by atoms with Gasteiger partial charge in [0.1, 0.15) is 5.78 Å². The van der Waals surface area contributed by atoms with Gasteiger partial charge in [0.05, 0.1) is 0 Å². The molecule has 0 N–H and O–H groups in total. The van der Waals surface area contributed by atoms with Crippen LogP contribution in [0.25, 0.3) is 0 Å². The molecule has 0 fully saturated rings. The minimum Gasteiger partial charge on any atom is -0.300 e. The van der Waals surface area contributed by atoms with Crippen molar-refractivity contribution in [1.29, 1.82) is 0 Å². The van der Waals surface area contributed by atoms with Crippen LogP contribution in [0.15, 0.2) is 23.8 Å². The van der Waals surface area contributed by atoms with Gasteiger partial charge < -0.3 is 4.79 Å². The van der Waals surface area contributed by atoms with Gasteiger partial charge in [0.2, 0.25) is 0 Å². The molecule has 74 valence electrons. The molecule has 1 aliphatic carbocycles. The lowest BCUT2D eigenvalue weighted by molar-refractivity contribution is -0.116. The Morgan fingerprint density at radius 1 is 1.38 bits per heavy atom. The van der Waals surface area contributed by atoms with Gasteiger partial charge in [-0.05, 0) is 26.2 Å². The molecule has 13 heavy (non-hydrogen) atoms. The van der Waals surface area contributed by atoms with Gasteiger partial charge in [0.15, 0.2) is 0 Å². The smallest absolute Gasteiger partial charge is 0.130 e. The van der Waals surface area contributed by atoms with E-state index in [1.807, 2.05) is 13.8 Å². The first-order chi connectivity index (χ1) is 6.29. The average Bonchev–Trinajstić information content (AvgIpc) is 2.19. The van der Waals surface area contributed by atoms with E-state index in [-0.39, 0.29) is 5.78 Å². The van der Waals surface area contributed by atoms with Crippen LogP contribution in [0, 0.1) is 0 Å². The van der Waals surface area contributed by atoms with Crippen molar-refractivity contribution in [3.05, 3.63) is 23.8 Å². The SMILES string of the molecule is CC.CC(=O)CCC1=CCCC=C1. The second-order valence-electron chi connectivity index (χ2n) is 2.96. The molecule has 0 aromatic carbocycles. The molecule has 1 heteroatoms. The molecule has 0 bridgehead atoms. The maximum atomic E-state index is 10.6. The Kier molecular flexibility index (Phi) is 7.27. The largest absolute Gasteiger partial charge is 0.300 e. The lowest BCUT2D eigenvalue weighted by Gasteiger charge is -2.04. The van der Waals surface area contributed by atoms with Crippen LogP contribution in [0.4, 0.5) is 0 Å². The summed E-state index contributed by atoms with van der Waals surface area (Å²) >= 11 is 0. The number of hydrogen-bond donors (Lipinski definition) is 0. The van der Waals surface area contributed by atoms with Crippen molar-refractivity contribution in [2.45, 2.75) is 46.5 Å². The number of carbonyl (C=O) groups is 1. The fourth-order valence-electron chi connectivity index (χ4n) is 1.17. The molecule has 0 unspecified atom stereocenters. The highest BCUT2D eigenvalue weighted by Crippen LogP contribution is 2.14. The highest BCUT2D eigenvalue weighted by atomic mass is 16.1. The van der Waals surface area contributed by atoms with Gasteiger partial charge in [-0.15, -0.1) is 0 Å². The van der Waals surface area contributed by atoms with Gasteiger partial charge in [-0.3, -0.25) is 0 Å². The van der Waals surface area contributed by atoms with Crippen molar-refractivity contribution < 1.29 is 4.79 Å². The molecule has 0 radical (unpaired) electrons. The Balaban J connectivity index is 0.000000671. The van der Waals surface area contributed by atoms with Crippen molar-refractivity contribution in [3.8, 4) is 0 Å². The number of hydrogen-bond acceptors (Lipinski definition) is 1. The predicted octanol–water partition coefficient (Wildman–Crippen LogP) is 3.66. The molecule has 0 spiro atoms. The Bertz CT molecular complexity index is 199. The van der Waals surface area contributed by atoms with Crippen LogP contribution < -0.4 is 0 Å². The van der Waals surface area contributed by atoms with Crippen molar-refractivity contribution in [1.82, 2.24) is 0 Å². The van der Waals surface area contributed by atoms with E-state index in [2.05, 4.69) is 18.2 Å². The zero-order valence-electron chi connectivity index (χ0n) is 8.97. The summed E-state index contributed by atoms with van der Waals surface area (Å²) in [4.78, 5) is 10.6. The molecule has 1 rings (SSSR count). The lowest BCUT2D eigenvalue weighted by Crippen LogP contribution is -1.92. The highest BCUT2D eigenvalue weighted by molar-refractivity contribution is 5.75. The van der Waals surface area contributed by atoms with E-state index >= 15 is 0 Å². The van der Waals surface area contributed by atoms with Gasteiger partial charge in [-0.1, -0.05) is 37.6 Å². The van der Waals surface area contributed by atoms with Crippen LogP contribution in [0.2, 0.25) is 0 Å². The molecule has 0 aromatic rings. The third-order valence-corrected chi connectivity index (χ3v) is 1.84. The summed E-state index contributed by atoms with van der Waals surface area (Å²) in [6, 6.07) is 0. The molecule has 0 heterocycles. The molecule has 0 aliphatic heterocycles. The maximum Gasteiger partial charge on any atom is 0.130 e. The minimum absolute atomic E-state index is 0.282. The van der Waals surface area contributed by atoms with E-state index in [4.69, 9.17) is 0 Å². The topological polar surface area (TPSA) is 17.1 Å². The third-order valence-electron chi connectivity index (χ3n) is 1.84. The van der Waals surface area contributed by atoms with E-state index < -0.39 is 0 Å². The minimum atomic E-state index is 0.282. The summed E-state index contributed by atoms with van der Waals surface area (Å²) in [6.07, 6.45) is 10.4. The highest BCUT2D eigenvalue weighted by Gasteiger charge is 1.98. The molecule has 1 nitrogen and oxygen atoms in total. The predicted molar refractivity (Wildman–Crippen MR) is 57.7 cm³/mol. The van der Waals surface area contributed by atoms with Crippen molar-refractivity contribution in [2.24, 2.45) is 0 Å². The molecule has 0 saturated heterocycles. The summed E-state index contributed by atoms with van der Waals surface area (Å²) in [7, 11) is 0. The Hall–Kier alpha value is -0.850. The van der Waals surface area contributed by atoms with Crippen LogP contribution in [0.1, 0.15) is 46.5 Å². The standard InChI is InChI=1S/C10H14O.C2H6/c1-9(11)7-8-10-5-3-2-4-6-10;1-2/h3,5-6H,2,4,7-8H2,1H3;1-2H3. The second kappa shape index (κ2) is 7.78. The summed E-state index contributed by atoms with van der Waals surface area (Å²) in [5.74, 6) is 0.282. The van der Waals surface area contributed by atoms with Crippen LogP contribution in [0.5, 0.6) is 0 Å². The van der Waals surface area contributed by atoms with E-state index in [0.717, 1.165) is 19.3 Å². The molecular formula is C12H20O. The summed E-state index contributed by atoms with van der Waals surface area (Å²) in [5.41, 5.74) is 1.33. The second-order valence-corrected chi connectivity index (χ2v) is 2.96. The summed E-state index contributed by atoms with van der Waals surface area (Å²) in [6.45, 7) is 5.65. The monoisotopic (exact) mass is 180 g/mol. The van der Waals surface area contributed by atoms with Gasteiger partial charge >= 0.3 is 0 Å². The van der Waals surface area contributed by atoms with Crippen molar-refractivity contribution in [3.63, 3.8) is 0 Å². The van der Waals surface area contributed by atoms with E-state index in [9.17, 15) is 4.79 Å². The molecule has 0 amide bonds. The van der Waals surface area contributed by atoms with Crippen LogP contribution in [-0.4, -0.2) is 5.78 Å². The first-order valence-electron chi connectivity index (χ1n) is 5.14. The lowest BCUT2D eigenvalue weighted by atomic mass is 10.0.